The molecule has 0 spiro atoms. The number of nitrogens with zero attached hydrogens (tertiary/aromatic N) is 1. The van der Waals surface area contributed by atoms with Crippen molar-refractivity contribution in [2.24, 2.45) is 0 Å². The number of thiazole rings is 1. The van der Waals surface area contributed by atoms with Crippen molar-refractivity contribution in [2.75, 3.05) is 5.32 Å². The first-order chi connectivity index (χ1) is 15.8. The van der Waals surface area contributed by atoms with Crippen LogP contribution in [0.5, 0.6) is 0 Å². The van der Waals surface area contributed by atoms with E-state index in [1.165, 1.54) is 11.3 Å². The van der Waals surface area contributed by atoms with Crippen molar-refractivity contribution >= 4 is 22.9 Å². The fraction of sp³-hybridized carbons (Fsp3) is 0. The Morgan fingerprint density at radius 2 is 1.09 bits per heavy atom. The molecule has 0 fully saturated rings. The first kappa shape index (κ1) is 19.9. The minimum absolute atomic E-state index is 0.156. The van der Waals surface area contributed by atoms with Crippen molar-refractivity contribution in [2.45, 2.75) is 0 Å². The summed E-state index contributed by atoms with van der Waals surface area (Å²) < 4.78 is 0. The lowest BCUT2D eigenvalue weighted by Crippen LogP contribution is -2.11. The van der Waals surface area contributed by atoms with Gasteiger partial charge in [0, 0.05) is 16.8 Å². The number of anilines is 1. The maximum absolute atomic E-state index is 13.3. The van der Waals surface area contributed by atoms with Crippen LogP contribution in [0, 0.1) is 0 Å². The molecule has 0 atom stereocenters. The zero-order chi connectivity index (χ0) is 21.8. The summed E-state index contributed by atoms with van der Waals surface area (Å²) in [6.45, 7) is 0. The summed E-state index contributed by atoms with van der Waals surface area (Å²) in [5.41, 5.74) is 5.64. The van der Waals surface area contributed by atoms with Gasteiger partial charge in [-0.3, -0.25) is 4.79 Å². The highest BCUT2D eigenvalue weighted by Gasteiger charge is 2.20. The highest BCUT2D eigenvalue weighted by molar-refractivity contribution is 7.17. The van der Waals surface area contributed by atoms with E-state index in [0.717, 1.165) is 32.9 Å². The first-order valence-electron chi connectivity index (χ1n) is 10.4. The minimum Gasteiger partial charge on any atom is -0.321 e. The molecule has 4 aromatic carbocycles. The van der Waals surface area contributed by atoms with Gasteiger partial charge in [-0.15, -0.1) is 11.3 Å². The van der Waals surface area contributed by atoms with Crippen LogP contribution in [-0.4, -0.2) is 10.9 Å². The number of carbonyl (C=O) groups excluding carboxylic acids is 1. The number of benzene rings is 4. The average Bonchev–Trinajstić information content (AvgIpc) is 3.32. The standard InChI is InChI=1S/C28H20N2OS/c31-27(29-24-18-16-21(17-19-24)20-10-4-1-5-11-20)26-25(22-12-6-2-7-13-22)30-28(32-26)23-14-8-3-9-15-23/h1-19H,(H,29,31). The van der Waals surface area contributed by atoms with Crippen molar-refractivity contribution in [3.8, 4) is 33.0 Å². The Labute approximate surface area is 191 Å². The Morgan fingerprint density at radius 3 is 1.69 bits per heavy atom. The number of hydrogen-bond acceptors (Lipinski definition) is 3. The lowest BCUT2D eigenvalue weighted by Gasteiger charge is -2.07. The molecule has 0 bridgehead atoms. The van der Waals surface area contributed by atoms with Gasteiger partial charge in [-0.05, 0) is 23.3 Å². The maximum Gasteiger partial charge on any atom is 0.268 e. The van der Waals surface area contributed by atoms with E-state index >= 15 is 0 Å². The topological polar surface area (TPSA) is 42.0 Å². The van der Waals surface area contributed by atoms with E-state index in [9.17, 15) is 4.79 Å². The minimum atomic E-state index is -0.156. The summed E-state index contributed by atoms with van der Waals surface area (Å²) in [6, 6.07) is 37.9. The van der Waals surface area contributed by atoms with Crippen LogP contribution in [-0.2, 0) is 0 Å². The highest BCUT2D eigenvalue weighted by atomic mass is 32.1. The molecule has 0 radical (unpaired) electrons. The van der Waals surface area contributed by atoms with Gasteiger partial charge in [0.1, 0.15) is 9.88 Å². The van der Waals surface area contributed by atoms with Crippen molar-refractivity contribution in [3.05, 3.63) is 120 Å². The molecule has 5 rings (SSSR count). The molecule has 32 heavy (non-hydrogen) atoms. The molecule has 0 aliphatic carbocycles. The normalized spacial score (nSPS) is 10.6. The van der Waals surface area contributed by atoms with Crippen molar-refractivity contribution in [3.63, 3.8) is 0 Å². The molecule has 1 heterocycles. The van der Waals surface area contributed by atoms with E-state index in [4.69, 9.17) is 4.98 Å². The molecule has 4 heteroatoms. The van der Waals surface area contributed by atoms with Gasteiger partial charge in [0.05, 0.1) is 5.69 Å². The maximum atomic E-state index is 13.3. The van der Waals surface area contributed by atoms with E-state index in [-0.39, 0.29) is 5.91 Å². The van der Waals surface area contributed by atoms with Crippen LogP contribution in [0.2, 0.25) is 0 Å². The Morgan fingerprint density at radius 1 is 0.594 bits per heavy atom. The van der Waals surface area contributed by atoms with Crippen molar-refractivity contribution < 1.29 is 4.79 Å². The fourth-order valence-corrected chi connectivity index (χ4v) is 4.52. The molecule has 0 saturated carbocycles. The Kier molecular flexibility index (Phi) is 5.60. The fourth-order valence-electron chi connectivity index (χ4n) is 3.53. The molecule has 0 saturated heterocycles. The van der Waals surface area contributed by atoms with Crippen LogP contribution in [0.1, 0.15) is 9.67 Å². The van der Waals surface area contributed by atoms with Gasteiger partial charge >= 0.3 is 0 Å². The third-order valence-electron chi connectivity index (χ3n) is 5.15. The lowest BCUT2D eigenvalue weighted by atomic mass is 10.1. The lowest BCUT2D eigenvalue weighted by molar-refractivity contribution is 0.103. The Balaban J connectivity index is 1.46. The van der Waals surface area contributed by atoms with Crippen LogP contribution in [0.15, 0.2) is 115 Å². The zero-order valence-corrected chi connectivity index (χ0v) is 18.0. The summed E-state index contributed by atoms with van der Waals surface area (Å²) in [5.74, 6) is -0.156. The largest absolute Gasteiger partial charge is 0.321 e. The van der Waals surface area contributed by atoms with Gasteiger partial charge in [0.2, 0.25) is 0 Å². The zero-order valence-electron chi connectivity index (χ0n) is 17.2. The predicted molar refractivity (Wildman–Crippen MR) is 133 cm³/mol. The third kappa shape index (κ3) is 4.22. The molecular weight excluding hydrogens is 412 g/mol. The Bertz CT molecular complexity index is 1330. The van der Waals surface area contributed by atoms with Crippen LogP contribution in [0.25, 0.3) is 33.0 Å². The molecule has 0 aliphatic heterocycles. The van der Waals surface area contributed by atoms with Gasteiger partial charge in [0.15, 0.2) is 0 Å². The van der Waals surface area contributed by atoms with Gasteiger partial charge in [-0.25, -0.2) is 4.98 Å². The molecule has 1 amide bonds. The van der Waals surface area contributed by atoms with Crippen LogP contribution < -0.4 is 5.32 Å². The summed E-state index contributed by atoms with van der Waals surface area (Å²) in [7, 11) is 0. The van der Waals surface area contributed by atoms with Gasteiger partial charge in [-0.2, -0.15) is 0 Å². The monoisotopic (exact) mass is 432 g/mol. The number of nitrogens with one attached hydrogen (secondary N) is 1. The summed E-state index contributed by atoms with van der Waals surface area (Å²) in [4.78, 5) is 18.7. The first-order valence-corrected chi connectivity index (χ1v) is 11.2. The SMILES string of the molecule is O=C(Nc1ccc(-c2ccccc2)cc1)c1sc(-c2ccccc2)nc1-c1ccccc1. The second kappa shape index (κ2) is 9.00. The number of rotatable bonds is 5. The smallest absolute Gasteiger partial charge is 0.268 e. The highest BCUT2D eigenvalue weighted by Crippen LogP contribution is 2.34. The quantitative estimate of drug-likeness (QED) is 0.314. The second-order valence-corrected chi connectivity index (χ2v) is 8.33. The molecule has 1 aromatic heterocycles. The van der Waals surface area contributed by atoms with Crippen LogP contribution in [0.3, 0.4) is 0 Å². The number of carbonyl (C=O) groups is 1. The molecular formula is C28H20N2OS. The van der Waals surface area contributed by atoms with Crippen LogP contribution in [0.4, 0.5) is 5.69 Å². The van der Waals surface area contributed by atoms with E-state index in [0.29, 0.717) is 10.6 Å². The van der Waals surface area contributed by atoms with E-state index in [1.54, 1.807) is 0 Å². The van der Waals surface area contributed by atoms with E-state index in [1.807, 2.05) is 103 Å². The molecule has 0 unspecified atom stereocenters. The van der Waals surface area contributed by atoms with Gasteiger partial charge < -0.3 is 5.32 Å². The van der Waals surface area contributed by atoms with Crippen LogP contribution >= 0.6 is 11.3 Å². The molecule has 154 valence electrons. The molecule has 5 aromatic rings. The summed E-state index contributed by atoms with van der Waals surface area (Å²) in [6.07, 6.45) is 0. The van der Waals surface area contributed by atoms with Gasteiger partial charge in [0.25, 0.3) is 5.91 Å². The predicted octanol–water partition coefficient (Wildman–Crippen LogP) is 7.40. The molecule has 0 aliphatic rings. The van der Waals surface area contributed by atoms with Gasteiger partial charge in [-0.1, -0.05) is 103 Å². The summed E-state index contributed by atoms with van der Waals surface area (Å²) >= 11 is 1.41. The molecule has 1 N–H and O–H groups in total. The molecule has 3 nitrogen and oxygen atoms in total. The second-order valence-electron chi connectivity index (χ2n) is 7.33. The summed E-state index contributed by atoms with van der Waals surface area (Å²) in [5, 5.41) is 3.87. The number of aromatic nitrogens is 1. The van der Waals surface area contributed by atoms with E-state index < -0.39 is 0 Å². The van der Waals surface area contributed by atoms with E-state index in [2.05, 4.69) is 17.4 Å². The number of amides is 1. The Hall–Kier alpha value is -4.02. The van der Waals surface area contributed by atoms with Crippen molar-refractivity contribution in [1.29, 1.82) is 0 Å². The average molecular weight is 433 g/mol. The van der Waals surface area contributed by atoms with Crippen molar-refractivity contribution in [1.82, 2.24) is 4.98 Å². The third-order valence-corrected chi connectivity index (χ3v) is 6.25. The number of hydrogen-bond donors (Lipinski definition) is 1.